The van der Waals surface area contributed by atoms with Crippen molar-refractivity contribution in [2.45, 2.75) is 6.54 Å². The van der Waals surface area contributed by atoms with Gasteiger partial charge >= 0.3 is 0 Å². The van der Waals surface area contributed by atoms with Crippen LogP contribution in [0.1, 0.15) is 5.82 Å². The number of methoxy groups -OCH3 is 1. The highest BCUT2D eigenvalue weighted by atomic mass is 16.5. The number of carbonyl (C=O) groups is 1. The Labute approximate surface area is 150 Å². The van der Waals surface area contributed by atoms with Crippen molar-refractivity contribution in [1.82, 2.24) is 29.4 Å². The average Bonchev–Trinajstić information content (AvgIpc) is 3.03. The molecular weight excluding hydrogens is 336 g/mol. The normalized spacial score (nSPS) is 11.5. The molecule has 1 N–H and O–H groups in total. The Balaban J connectivity index is 1.87. The third-order valence-electron chi connectivity index (χ3n) is 4.15. The molecule has 26 heavy (non-hydrogen) atoms. The molecule has 138 valence electrons. The van der Waals surface area contributed by atoms with E-state index in [2.05, 4.69) is 15.5 Å². The lowest BCUT2D eigenvalue weighted by molar-refractivity contribution is -0.122. The van der Waals surface area contributed by atoms with Gasteiger partial charge in [0.25, 0.3) is 5.56 Å². The quantitative estimate of drug-likeness (QED) is 0.587. The molecule has 0 aliphatic heterocycles. The van der Waals surface area contributed by atoms with E-state index in [1.165, 1.54) is 4.57 Å². The zero-order valence-electron chi connectivity index (χ0n) is 15.1. The Bertz CT molecular complexity index is 993. The zero-order chi connectivity index (χ0) is 18.7. The minimum Gasteiger partial charge on any atom is -0.383 e. The first kappa shape index (κ1) is 18.0. The summed E-state index contributed by atoms with van der Waals surface area (Å²) in [6.45, 7) is 1.59. The standard InChI is InChI=1S/C17H22N6O3/c1-21(11-15(24)18-8-9-26-3)10-14-19-20-17-22(2)16(25)12-6-4-5-7-13(12)23(14)17/h4-7H,8-11H2,1-3H3,(H,18,24). The van der Waals surface area contributed by atoms with Crippen LogP contribution in [0.15, 0.2) is 29.1 Å². The molecule has 0 aliphatic rings. The molecule has 3 rings (SSSR count). The van der Waals surface area contributed by atoms with Crippen molar-refractivity contribution in [3.05, 3.63) is 40.4 Å². The van der Waals surface area contributed by atoms with Crippen LogP contribution in [-0.4, -0.2) is 63.8 Å². The maximum atomic E-state index is 12.5. The highest BCUT2D eigenvalue weighted by Gasteiger charge is 2.16. The van der Waals surface area contributed by atoms with Gasteiger partial charge in [-0.1, -0.05) is 12.1 Å². The molecule has 0 saturated carbocycles. The van der Waals surface area contributed by atoms with Gasteiger partial charge in [0.2, 0.25) is 11.7 Å². The number of nitrogens with one attached hydrogen (secondary N) is 1. The number of benzene rings is 1. The fourth-order valence-corrected chi connectivity index (χ4v) is 2.89. The SMILES string of the molecule is COCCNC(=O)CN(C)Cc1nnc2n(C)c(=O)c3ccccc3n12. The van der Waals surface area contributed by atoms with Crippen LogP contribution < -0.4 is 10.9 Å². The van der Waals surface area contributed by atoms with Gasteiger partial charge < -0.3 is 10.1 Å². The summed E-state index contributed by atoms with van der Waals surface area (Å²) in [7, 11) is 5.10. The van der Waals surface area contributed by atoms with Crippen molar-refractivity contribution >= 4 is 22.6 Å². The van der Waals surface area contributed by atoms with E-state index in [9.17, 15) is 9.59 Å². The second-order valence-corrected chi connectivity index (χ2v) is 6.15. The number of para-hydroxylation sites is 1. The van der Waals surface area contributed by atoms with Crippen molar-refractivity contribution in [3.8, 4) is 0 Å². The van der Waals surface area contributed by atoms with Gasteiger partial charge in [-0.2, -0.15) is 0 Å². The van der Waals surface area contributed by atoms with Crippen LogP contribution in [0.5, 0.6) is 0 Å². The van der Waals surface area contributed by atoms with Crippen LogP contribution in [0.4, 0.5) is 0 Å². The van der Waals surface area contributed by atoms with E-state index in [0.29, 0.717) is 36.7 Å². The van der Waals surface area contributed by atoms with Crippen molar-refractivity contribution in [3.63, 3.8) is 0 Å². The first-order valence-corrected chi connectivity index (χ1v) is 8.29. The number of carbonyl (C=O) groups excluding carboxylic acids is 1. The summed E-state index contributed by atoms with van der Waals surface area (Å²) >= 11 is 0. The molecule has 0 unspecified atom stereocenters. The van der Waals surface area contributed by atoms with Gasteiger partial charge in [-0.15, -0.1) is 10.2 Å². The third kappa shape index (κ3) is 3.44. The predicted molar refractivity (Wildman–Crippen MR) is 97.0 cm³/mol. The van der Waals surface area contributed by atoms with Crippen LogP contribution in [0.3, 0.4) is 0 Å². The van der Waals surface area contributed by atoms with E-state index < -0.39 is 0 Å². The number of aryl methyl sites for hydroxylation is 1. The second-order valence-electron chi connectivity index (χ2n) is 6.15. The first-order valence-electron chi connectivity index (χ1n) is 8.29. The van der Waals surface area contributed by atoms with Gasteiger partial charge in [-0.3, -0.25) is 23.5 Å². The van der Waals surface area contributed by atoms with Gasteiger partial charge in [-0.05, 0) is 19.2 Å². The van der Waals surface area contributed by atoms with Gasteiger partial charge in [-0.25, -0.2) is 0 Å². The van der Waals surface area contributed by atoms with Crippen molar-refractivity contribution in [2.75, 3.05) is 33.9 Å². The lowest BCUT2D eigenvalue weighted by Gasteiger charge is -2.16. The number of nitrogens with zero attached hydrogens (tertiary/aromatic N) is 5. The minimum absolute atomic E-state index is 0.0874. The topological polar surface area (TPSA) is 93.8 Å². The van der Waals surface area contributed by atoms with Crippen molar-refractivity contribution in [1.29, 1.82) is 0 Å². The lowest BCUT2D eigenvalue weighted by atomic mass is 10.2. The maximum absolute atomic E-state index is 12.5. The molecule has 2 aromatic heterocycles. The molecule has 0 atom stereocenters. The average molecular weight is 358 g/mol. The smallest absolute Gasteiger partial charge is 0.262 e. The van der Waals surface area contributed by atoms with Gasteiger partial charge in [0, 0.05) is 20.7 Å². The summed E-state index contributed by atoms with van der Waals surface area (Å²) in [5, 5.41) is 11.8. The molecule has 0 bridgehead atoms. The highest BCUT2D eigenvalue weighted by Crippen LogP contribution is 2.14. The Morgan fingerprint density at radius 2 is 2.08 bits per heavy atom. The zero-order valence-corrected chi connectivity index (χ0v) is 15.1. The summed E-state index contributed by atoms with van der Waals surface area (Å²) in [6.07, 6.45) is 0. The number of aromatic nitrogens is 4. The van der Waals surface area contributed by atoms with E-state index in [0.717, 1.165) is 5.52 Å². The van der Waals surface area contributed by atoms with Gasteiger partial charge in [0.1, 0.15) is 0 Å². The fraction of sp³-hybridized carbons (Fsp3) is 0.412. The Hall–Kier alpha value is -2.78. The first-order chi connectivity index (χ1) is 12.5. The number of amides is 1. The van der Waals surface area contributed by atoms with Crippen LogP contribution in [0, 0.1) is 0 Å². The second kappa shape index (κ2) is 7.63. The van der Waals surface area contributed by atoms with Crippen molar-refractivity contribution < 1.29 is 9.53 Å². The molecule has 2 heterocycles. The van der Waals surface area contributed by atoms with Crippen LogP contribution in [0.25, 0.3) is 16.7 Å². The van der Waals surface area contributed by atoms with E-state index in [4.69, 9.17) is 4.74 Å². The summed E-state index contributed by atoms with van der Waals surface area (Å²) in [5.41, 5.74) is 0.640. The molecule has 1 amide bonds. The van der Waals surface area contributed by atoms with E-state index in [1.54, 1.807) is 20.2 Å². The summed E-state index contributed by atoms with van der Waals surface area (Å²) in [4.78, 5) is 26.2. The lowest BCUT2D eigenvalue weighted by Crippen LogP contribution is -2.36. The van der Waals surface area contributed by atoms with Crippen LogP contribution in [0.2, 0.25) is 0 Å². The number of hydrogen-bond donors (Lipinski definition) is 1. The molecule has 9 nitrogen and oxygen atoms in total. The Morgan fingerprint density at radius 3 is 2.85 bits per heavy atom. The maximum Gasteiger partial charge on any atom is 0.262 e. The van der Waals surface area contributed by atoms with E-state index in [-0.39, 0.29) is 18.0 Å². The highest BCUT2D eigenvalue weighted by molar-refractivity contribution is 5.80. The summed E-state index contributed by atoms with van der Waals surface area (Å²) in [6, 6.07) is 7.36. The minimum atomic E-state index is -0.113. The molecule has 0 saturated heterocycles. The molecule has 1 aromatic carbocycles. The fourth-order valence-electron chi connectivity index (χ4n) is 2.89. The molecule has 3 aromatic rings. The Kier molecular flexibility index (Phi) is 5.29. The molecule has 0 radical (unpaired) electrons. The number of fused-ring (bicyclic) bond motifs is 3. The third-order valence-corrected chi connectivity index (χ3v) is 4.15. The monoisotopic (exact) mass is 358 g/mol. The van der Waals surface area contributed by atoms with Gasteiger partial charge in [0.05, 0.1) is 30.6 Å². The molecular formula is C17H22N6O3. The number of ether oxygens (including phenoxy) is 1. The van der Waals surface area contributed by atoms with Crippen LogP contribution in [-0.2, 0) is 23.1 Å². The van der Waals surface area contributed by atoms with Gasteiger partial charge in [0.15, 0.2) is 5.82 Å². The Morgan fingerprint density at radius 1 is 1.31 bits per heavy atom. The van der Waals surface area contributed by atoms with E-state index in [1.807, 2.05) is 34.5 Å². The summed E-state index contributed by atoms with van der Waals surface area (Å²) in [5.74, 6) is 1.05. The summed E-state index contributed by atoms with van der Waals surface area (Å²) < 4.78 is 8.25. The number of likely N-dealkylation sites (N-methyl/N-ethyl adjacent to an activating group) is 1. The van der Waals surface area contributed by atoms with E-state index >= 15 is 0 Å². The molecule has 9 heteroatoms. The number of rotatable bonds is 7. The predicted octanol–water partition coefficient (Wildman–Crippen LogP) is -0.224. The molecule has 0 spiro atoms. The molecule has 0 fully saturated rings. The van der Waals surface area contributed by atoms with Crippen molar-refractivity contribution in [2.24, 2.45) is 7.05 Å². The molecule has 0 aliphatic carbocycles. The van der Waals surface area contributed by atoms with Crippen LogP contribution >= 0.6 is 0 Å². The largest absolute Gasteiger partial charge is 0.383 e. The number of hydrogen-bond acceptors (Lipinski definition) is 6.